The summed E-state index contributed by atoms with van der Waals surface area (Å²) < 4.78 is 0. The first-order valence-electron chi connectivity index (χ1n) is 5.00. The molecule has 0 aliphatic carbocycles. The van der Waals surface area contributed by atoms with E-state index in [1.165, 1.54) is 12.3 Å². The number of rotatable bonds is 2. The van der Waals surface area contributed by atoms with Crippen LogP contribution in [0.1, 0.15) is 5.56 Å². The number of nitrogens with one attached hydrogen (secondary N) is 1. The molecule has 2 aromatic rings. The molecule has 0 radical (unpaired) electrons. The van der Waals surface area contributed by atoms with Gasteiger partial charge in [0.2, 0.25) is 0 Å². The van der Waals surface area contributed by atoms with E-state index in [4.69, 9.17) is 39.9 Å². The van der Waals surface area contributed by atoms with Crippen molar-refractivity contribution in [3.8, 4) is 11.1 Å². The lowest BCUT2D eigenvalue weighted by Crippen LogP contribution is -2.09. The van der Waals surface area contributed by atoms with Gasteiger partial charge in [0, 0.05) is 22.3 Å². The number of pyridine rings is 1. The standard InChI is InChI=1S/C12H8Cl3NO2/c13-7-2-8(11(15)10(14)3-7)9-1-6(5-17)4-16-12(9)18/h1-4,17H,5H2,(H,16,18). The van der Waals surface area contributed by atoms with Crippen LogP contribution in [0.5, 0.6) is 0 Å². The Morgan fingerprint density at radius 3 is 2.50 bits per heavy atom. The smallest absolute Gasteiger partial charge is 0.255 e. The Labute approximate surface area is 118 Å². The zero-order chi connectivity index (χ0) is 13.3. The summed E-state index contributed by atoms with van der Waals surface area (Å²) in [4.78, 5) is 14.3. The maximum Gasteiger partial charge on any atom is 0.255 e. The van der Waals surface area contributed by atoms with Gasteiger partial charge in [0.05, 0.1) is 16.7 Å². The van der Waals surface area contributed by atoms with E-state index in [0.717, 1.165) is 0 Å². The first kappa shape index (κ1) is 13.4. The average Bonchev–Trinajstić information content (AvgIpc) is 2.34. The van der Waals surface area contributed by atoms with Crippen LogP contribution in [0.2, 0.25) is 15.1 Å². The van der Waals surface area contributed by atoms with Crippen LogP contribution in [0.25, 0.3) is 11.1 Å². The fourth-order valence-corrected chi connectivity index (χ4v) is 2.28. The van der Waals surface area contributed by atoms with E-state index in [2.05, 4.69) is 4.98 Å². The van der Waals surface area contributed by atoms with Crippen molar-refractivity contribution in [3.05, 3.63) is 55.4 Å². The number of aromatic amines is 1. The maximum atomic E-state index is 11.8. The monoisotopic (exact) mass is 303 g/mol. The lowest BCUT2D eigenvalue weighted by Gasteiger charge is -2.07. The first-order valence-corrected chi connectivity index (χ1v) is 6.13. The summed E-state index contributed by atoms with van der Waals surface area (Å²) in [5.74, 6) is 0. The van der Waals surface area contributed by atoms with Crippen molar-refractivity contribution >= 4 is 34.8 Å². The molecule has 1 heterocycles. The molecule has 2 N–H and O–H groups in total. The molecule has 0 amide bonds. The van der Waals surface area contributed by atoms with Crippen molar-refractivity contribution in [3.63, 3.8) is 0 Å². The molecule has 0 unspecified atom stereocenters. The molecule has 0 atom stereocenters. The predicted octanol–water partition coefficient (Wildman–Crippen LogP) is 3.49. The van der Waals surface area contributed by atoms with Gasteiger partial charge >= 0.3 is 0 Å². The van der Waals surface area contributed by atoms with Crippen molar-refractivity contribution in [1.82, 2.24) is 4.98 Å². The molecule has 1 aromatic heterocycles. The van der Waals surface area contributed by atoms with Crippen LogP contribution >= 0.6 is 34.8 Å². The van der Waals surface area contributed by atoms with E-state index in [-0.39, 0.29) is 22.2 Å². The summed E-state index contributed by atoms with van der Waals surface area (Å²) >= 11 is 17.9. The van der Waals surface area contributed by atoms with Crippen LogP contribution < -0.4 is 5.56 Å². The summed E-state index contributed by atoms with van der Waals surface area (Å²) in [6.07, 6.45) is 1.44. The number of H-pyrrole nitrogens is 1. The molecule has 94 valence electrons. The lowest BCUT2D eigenvalue weighted by molar-refractivity contribution is 0.281. The van der Waals surface area contributed by atoms with Gasteiger partial charge in [-0.15, -0.1) is 0 Å². The van der Waals surface area contributed by atoms with Gasteiger partial charge in [-0.25, -0.2) is 0 Å². The quantitative estimate of drug-likeness (QED) is 0.834. The molecule has 0 fully saturated rings. The third-order valence-electron chi connectivity index (χ3n) is 2.43. The van der Waals surface area contributed by atoms with Gasteiger partial charge in [-0.2, -0.15) is 0 Å². The predicted molar refractivity (Wildman–Crippen MR) is 73.5 cm³/mol. The fourth-order valence-electron chi connectivity index (χ4n) is 1.57. The molecule has 0 spiro atoms. The topological polar surface area (TPSA) is 53.1 Å². The van der Waals surface area contributed by atoms with Gasteiger partial charge < -0.3 is 10.1 Å². The van der Waals surface area contributed by atoms with Gasteiger partial charge in [0.25, 0.3) is 5.56 Å². The van der Waals surface area contributed by atoms with E-state index in [0.29, 0.717) is 21.7 Å². The zero-order valence-corrected chi connectivity index (χ0v) is 11.3. The van der Waals surface area contributed by atoms with Gasteiger partial charge in [-0.3, -0.25) is 4.79 Å². The van der Waals surface area contributed by atoms with Crippen LogP contribution in [0.15, 0.2) is 29.2 Å². The maximum absolute atomic E-state index is 11.8. The second-order valence-electron chi connectivity index (χ2n) is 3.66. The number of aromatic nitrogens is 1. The summed E-state index contributed by atoms with van der Waals surface area (Å²) in [7, 11) is 0. The SMILES string of the molecule is O=c1[nH]cc(CO)cc1-c1cc(Cl)cc(Cl)c1Cl. The summed E-state index contributed by atoms with van der Waals surface area (Å²) in [6, 6.07) is 4.60. The van der Waals surface area contributed by atoms with Gasteiger partial charge in [0.15, 0.2) is 0 Å². The molecule has 0 saturated heterocycles. The molecule has 0 saturated carbocycles. The van der Waals surface area contributed by atoms with E-state index in [1.54, 1.807) is 12.1 Å². The van der Waals surface area contributed by atoms with Crippen molar-refractivity contribution < 1.29 is 5.11 Å². The molecule has 1 aromatic carbocycles. The number of benzene rings is 1. The third-order valence-corrected chi connectivity index (χ3v) is 3.45. The third kappa shape index (κ3) is 2.54. The van der Waals surface area contributed by atoms with E-state index in [9.17, 15) is 4.79 Å². The minimum Gasteiger partial charge on any atom is -0.392 e. The van der Waals surface area contributed by atoms with Crippen LogP contribution in [-0.2, 0) is 6.61 Å². The molecule has 18 heavy (non-hydrogen) atoms. The van der Waals surface area contributed by atoms with Gasteiger partial charge in [-0.1, -0.05) is 34.8 Å². The van der Waals surface area contributed by atoms with E-state index < -0.39 is 0 Å². The van der Waals surface area contributed by atoms with Gasteiger partial charge in [0.1, 0.15) is 0 Å². The highest BCUT2D eigenvalue weighted by Gasteiger charge is 2.12. The molecule has 6 heteroatoms. The average molecular weight is 305 g/mol. The van der Waals surface area contributed by atoms with Crippen molar-refractivity contribution in [1.29, 1.82) is 0 Å². The Balaban J connectivity index is 2.72. The highest BCUT2D eigenvalue weighted by Crippen LogP contribution is 2.35. The molecule has 3 nitrogen and oxygen atoms in total. The summed E-state index contributed by atoms with van der Waals surface area (Å²) in [5.41, 5.74) is 0.992. The highest BCUT2D eigenvalue weighted by molar-refractivity contribution is 6.45. The van der Waals surface area contributed by atoms with Crippen LogP contribution in [0.3, 0.4) is 0 Å². The number of aliphatic hydroxyl groups is 1. The van der Waals surface area contributed by atoms with E-state index >= 15 is 0 Å². The lowest BCUT2D eigenvalue weighted by atomic mass is 10.1. The van der Waals surface area contributed by atoms with E-state index in [1.807, 2.05) is 0 Å². The summed E-state index contributed by atoms with van der Waals surface area (Å²) in [6.45, 7) is -0.185. The van der Waals surface area contributed by atoms with Crippen LogP contribution in [-0.4, -0.2) is 10.1 Å². The largest absolute Gasteiger partial charge is 0.392 e. The first-order chi connectivity index (χ1) is 8.52. The number of halogens is 3. The number of hydrogen-bond donors (Lipinski definition) is 2. The minimum atomic E-state index is -0.326. The van der Waals surface area contributed by atoms with Gasteiger partial charge in [-0.05, 0) is 23.8 Å². The molecule has 0 aliphatic heterocycles. The molecular formula is C12H8Cl3NO2. The Hall–Kier alpha value is -1.000. The van der Waals surface area contributed by atoms with Crippen molar-refractivity contribution in [2.75, 3.05) is 0 Å². The van der Waals surface area contributed by atoms with Crippen molar-refractivity contribution in [2.45, 2.75) is 6.61 Å². The second-order valence-corrected chi connectivity index (χ2v) is 4.88. The van der Waals surface area contributed by atoms with Crippen molar-refractivity contribution in [2.24, 2.45) is 0 Å². The number of hydrogen-bond acceptors (Lipinski definition) is 2. The molecule has 0 bridgehead atoms. The summed E-state index contributed by atoms with van der Waals surface area (Å²) in [5, 5.41) is 9.98. The Morgan fingerprint density at radius 1 is 1.11 bits per heavy atom. The normalized spacial score (nSPS) is 10.7. The molecular weight excluding hydrogens is 296 g/mol. The fraction of sp³-hybridized carbons (Fsp3) is 0.0833. The molecule has 2 rings (SSSR count). The Bertz CT molecular complexity index is 652. The number of aliphatic hydroxyl groups excluding tert-OH is 1. The van der Waals surface area contributed by atoms with Crippen LogP contribution in [0, 0.1) is 0 Å². The van der Waals surface area contributed by atoms with Crippen LogP contribution in [0.4, 0.5) is 0 Å². The zero-order valence-electron chi connectivity index (χ0n) is 9.01. The Morgan fingerprint density at radius 2 is 1.83 bits per heavy atom. The minimum absolute atomic E-state index is 0.185. The Kier molecular flexibility index (Phi) is 3.97. The highest BCUT2D eigenvalue weighted by atomic mass is 35.5. The molecule has 0 aliphatic rings. The second kappa shape index (κ2) is 5.33.